The van der Waals surface area contributed by atoms with Crippen LogP contribution in [0.5, 0.6) is 0 Å². The number of hydrogen-bond donors (Lipinski definition) is 1. The van der Waals surface area contributed by atoms with Crippen molar-refractivity contribution >= 4 is 12.0 Å². The topological polar surface area (TPSA) is 37.3 Å². The highest BCUT2D eigenvalue weighted by atomic mass is 16.4. The Kier molecular flexibility index (Phi) is 3.38. The van der Waals surface area contributed by atoms with Crippen molar-refractivity contribution in [3.05, 3.63) is 66.2 Å². The molecule has 0 aromatic heterocycles. The molecule has 2 aromatic rings. The van der Waals surface area contributed by atoms with E-state index in [0.717, 1.165) is 12.0 Å². The summed E-state index contributed by atoms with van der Waals surface area (Å²) in [6.07, 6.45) is 4.84. The summed E-state index contributed by atoms with van der Waals surface area (Å²) < 4.78 is 0. The Bertz CT molecular complexity index is 643. The Morgan fingerprint density at radius 1 is 1.05 bits per heavy atom. The molecule has 1 aliphatic rings. The molecule has 0 aliphatic heterocycles. The quantitative estimate of drug-likeness (QED) is 0.903. The number of benzene rings is 2. The highest BCUT2D eigenvalue weighted by molar-refractivity contribution is 5.77. The molecule has 2 nitrogen and oxygen atoms in total. The molecule has 1 N–H and O–H groups in total. The van der Waals surface area contributed by atoms with Crippen molar-refractivity contribution in [2.75, 3.05) is 0 Å². The smallest absolute Gasteiger partial charge is 0.307 e. The van der Waals surface area contributed by atoms with E-state index in [1.807, 2.05) is 36.4 Å². The van der Waals surface area contributed by atoms with E-state index in [9.17, 15) is 4.79 Å². The molecule has 1 saturated carbocycles. The van der Waals surface area contributed by atoms with Gasteiger partial charge in [0.2, 0.25) is 0 Å². The van der Waals surface area contributed by atoms with Gasteiger partial charge in [-0.2, -0.15) is 0 Å². The first-order valence-electron chi connectivity index (χ1n) is 6.81. The van der Waals surface area contributed by atoms with Crippen LogP contribution in [-0.2, 0) is 4.79 Å². The molecule has 2 aromatic carbocycles. The molecule has 3 rings (SSSR count). The maximum absolute atomic E-state index is 10.8. The van der Waals surface area contributed by atoms with Gasteiger partial charge in [-0.15, -0.1) is 0 Å². The molecule has 0 heterocycles. The van der Waals surface area contributed by atoms with Crippen molar-refractivity contribution in [1.29, 1.82) is 0 Å². The predicted octanol–water partition coefficient (Wildman–Crippen LogP) is 4.09. The molecule has 2 heteroatoms. The van der Waals surface area contributed by atoms with Gasteiger partial charge in [0, 0.05) is 0 Å². The largest absolute Gasteiger partial charge is 0.481 e. The first kappa shape index (κ1) is 12.7. The summed E-state index contributed by atoms with van der Waals surface area (Å²) in [7, 11) is 0. The van der Waals surface area contributed by atoms with Crippen molar-refractivity contribution in [2.24, 2.45) is 11.8 Å². The van der Waals surface area contributed by atoms with E-state index >= 15 is 0 Å². The fraction of sp³-hybridized carbons (Fsp3) is 0.167. The van der Waals surface area contributed by atoms with Crippen LogP contribution < -0.4 is 0 Å². The molecule has 1 fully saturated rings. The van der Waals surface area contributed by atoms with E-state index in [1.165, 1.54) is 11.1 Å². The zero-order valence-corrected chi connectivity index (χ0v) is 11.1. The summed E-state index contributed by atoms with van der Waals surface area (Å²) in [5.74, 6) is -0.678. The minimum absolute atomic E-state index is 0.185. The molecule has 0 unspecified atom stereocenters. The van der Waals surface area contributed by atoms with Crippen LogP contribution in [0.3, 0.4) is 0 Å². The molecule has 1 aliphatic carbocycles. The van der Waals surface area contributed by atoms with Gasteiger partial charge in [-0.1, -0.05) is 66.7 Å². The summed E-state index contributed by atoms with van der Waals surface area (Å²) >= 11 is 0. The molecule has 0 radical (unpaired) electrons. The Morgan fingerprint density at radius 2 is 1.75 bits per heavy atom. The minimum Gasteiger partial charge on any atom is -0.481 e. The highest BCUT2D eigenvalue weighted by Gasteiger charge is 2.41. The van der Waals surface area contributed by atoms with Crippen molar-refractivity contribution < 1.29 is 9.90 Å². The van der Waals surface area contributed by atoms with Crippen molar-refractivity contribution in [3.63, 3.8) is 0 Å². The Hall–Kier alpha value is -2.35. The van der Waals surface area contributed by atoms with E-state index in [4.69, 9.17) is 5.11 Å². The fourth-order valence-electron chi connectivity index (χ4n) is 2.46. The molecular formula is C18H16O2. The number of allylic oxidation sites excluding steroid dienone is 1. The maximum Gasteiger partial charge on any atom is 0.307 e. The van der Waals surface area contributed by atoms with Gasteiger partial charge in [0.25, 0.3) is 0 Å². The van der Waals surface area contributed by atoms with Crippen molar-refractivity contribution in [2.45, 2.75) is 6.42 Å². The van der Waals surface area contributed by atoms with Crippen LogP contribution in [0.2, 0.25) is 0 Å². The third-order valence-electron chi connectivity index (χ3n) is 3.73. The van der Waals surface area contributed by atoms with Gasteiger partial charge < -0.3 is 5.11 Å². The second-order valence-electron chi connectivity index (χ2n) is 5.16. The Morgan fingerprint density at radius 3 is 2.45 bits per heavy atom. The Labute approximate surface area is 118 Å². The van der Waals surface area contributed by atoms with E-state index in [2.05, 4.69) is 30.3 Å². The van der Waals surface area contributed by atoms with Crippen molar-refractivity contribution in [1.82, 2.24) is 0 Å². The first-order chi connectivity index (χ1) is 9.75. The average Bonchev–Trinajstić information content (AvgIpc) is 3.26. The average molecular weight is 264 g/mol. The van der Waals surface area contributed by atoms with Crippen LogP contribution >= 0.6 is 0 Å². The van der Waals surface area contributed by atoms with Crippen LogP contribution in [0.15, 0.2) is 60.7 Å². The van der Waals surface area contributed by atoms with Gasteiger partial charge in [0.05, 0.1) is 5.92 Å². The van der Waals surface area contributed by atoms with Crippen molar-refractivity contribution in [3.8, 4) is 11.1 Å². The van der Waals surface area contributed by atoms with Gasteiger partial charge in [-0.05, 0) is 29.0 Å². The zero-order chi connectivity index (χ0) is 13.9. The third kappa shape index (κ3) is 2.64. The Balaban J connectivity index is 1.84. The van der Waals surface area contributed by atoms with Crippen LogP contribution in [0, 0.1) is 11.8 Å². The number of aliphatic carboxylic acids is 1. The summed E-state index contributed by atoms with van der Waals surface area (Å²) in [5.41, 5.74) is 3.49. The van der Waals surface area contributed by atoms with E-state index in [1.54, 1.807) is 0 Å². The lowest BCUT2D eigenvalue weighted by Crippen LogP contribution is -1.97. The van der Waals surface area contributed by atoms with Crippen LogP contribution in [0.25, 0.3) is 17.2 Å². The number of carbonyl (C=O) groups is 1. The fourth-order valence-corrected chi connectivity index (χ4v) is 2.46. The van der Waals surface area contributed by atoms with Crippen LogP contribution in [0.4, 0.5) is 0 Å². The van der Waals surface area contributed by atoms with Gasteiger partial charge in [0.15, 0.2) is 0 Å². The maximum atomic E-state index is 10.8. The third-order valence-corrected chi connectivity index (χ3v) is 3.73. The van der Waals surface area contributed by atoms with E-state index < -0.39 is 5.97 Å². The van der Waals surface area contributed by atoms with Crippen LogP contribution in [0.1, 0.15) is 12.0 Å². The van der Waals surface area contributed by atoms with Crippen LogP contribution in [-0.4, -0.2) is 11.1 Å². The van der Waals surface area contributed by atoms with E-state index in [-0.39, 0.29) is 11.8 Å². The summed E-state index contributed by atoms with van der Waals surface area (Å²) in [4.78, 5) is 10.8. The lowest BCUT2D eigenvalue weighted by Gasteiger charge is -2.05. The monoisotopic (exact) mass is 264 g/mol. The lowest BCUT2D eigenvalue weighted by atomic mass is 9.99. The second kappa shape index (κ2) is 5.33. The predicted molar refractivity (Wildman–Crippen MR) is 80.1 cm³/mol. The summed E-state index contributed by atoms with van der Waals surface area (Å²) in [5, 5.41) is 8.92. The molecule has 0 saturated heterocycles. The second-order valence-corrected chi connectivity index (χ2v) is 5.16. The number of carboxylic acids is 1. The van der Waals surface area contributed by atoms with Gasteiger partial charge in [-0.25, -0.2) is 0 Å². The van der Waals surface area contributed by atoms with Gasteiger partial charge in [-0.3, -0.25) is 4.79 Å². The molecule has 0 amide bonds. The molecule has 20 heavy (non-hydrogen) atoms. The van der Waals surface area contributed by atoms with E-state index in [0.29, 0.717) is 0 Å². The molecular weight excluding hydrogens is 248 g/mol. The van der Waals surface area contributed by atoms with Gasteiger partial charge >= 0.3 is 5.97 Å². The zero-order valence-electron chi connectivity index (χ0n) is 11.1. The summed E-state index contributed by atoms with van der Waals surface area (Å²) in [6, 6.07) is 18.4. The first-order valence-corrected chi connectivity index (χ1v) is 6.81. The molecule has 0 bridgehead atoms. The highest BCUT2D eigenvalue weighted by Crippen LogP contribution is 2.40. The molecule has 100 valence electrons. The normalized spacial score (nSPS) is 21.0. The standard InChI is InChI=1S/C18H16O2/c19-18(20)17-12-15(17)11-10-14-8-4-5-9-16(14)13-6-2-1-3-7-13/h1-11,15,17H,12H2,(H,19,20)/b11-10+/t15-,17+/m1/s1. The SMILES string of the molecule is O=C(O)[C@H]1C[C@H]1/C=C/c1ccccc1-c1ccccc1. The number of rotatable bonds is 4. The summed E-state index contributed by atoms with van der Waals surface area (Å²) in [6.45, 7) is 0. The molecule has 0 spiro atoms. The number of carboxylic acid groups (broad SMARTS) is 1. The lowest BCUT2D eigenvalue weighted by molar-refractivity contribution is -0.138. The molecule has 2 atom stereocenters. The minimum atomic E-state index is -0.684. The van der Waals surface area contributed by atoms with Gasteiger partial charge in [0.1, 0.15) is 0 Å². The number of hydrogen-bond acceptors (Lipinski definition) is 1.